The fourth-order valence-corrected chi connectivity index (χ4v) is 9.08. The number of fused-ring (bicyclic) bond motifs is 7. The van der Waals surface area contributed by atoms with Crippen LogP contribution in [0.25, 0.3) is 99.2 Å². The Morgan fingerprint density at radius 2 is 0.836 bits per heavy atom. The van der Waals surface area contributed by atoms with Gasteiger partial charge in [-0.2, -0.15) is 0 Å². The Morgan fingerprint density at radius 1 is 0.262 bits per heavy atom. The minimum atomic E-state index is 0.850. The molecule has 0 saturated carbocycles. The van der Waals surface area contributed by atoms with Gasteiger partial charge in [-0.3, -0.25) is 0 Å². The average molecular weight is 780 g/mol. The molecule has 0 fully saturated rings. The highest BCUT2D eigenvalue weighted by Gasteiger charge is 2.20. The minimum absolute atomic E-state index is 0.850. The number of nitrogens with zero attached hydrogens (tertiary/aromatic N) is 1. The Morgan fingerprint density at radius 3 is 1.64 bits per heavy atom. The van der Waals surface area contributed by atoms with Gasteiger partial charge in [-0.15, -0.1) is 0 Å². The summed E-state index contributed by atoms with van der Waals surface area (Å²) in [5.41, 5.74) is 15.9. The number of rotatable bonds is 7. The standard InChI is InChI=1S/C58H37NO2/c1-3-13-39(14-4-1)47-30-25-43(33-51(47)40-15-5-2-6-16-40)38-23-27-45(28-24-38)59(46-29-31-50-49-20-10-12-22-55(49)60-58(50)37-46)54-21-11-9-19-48(54)44-26-32-56-52(35-44)53-34-41-17-7-8-18-42(41)36-57(53)61-56/h1-37H. The van der Waals surface area contributed by atoms with Gasteiger partial charge in [-0.25, -0.2) is 0 Å². The lowest BCUT2D eigenvalue weighted by atomic mass is 9.91. The predicted molar refractivity (Wildman–Crippen MR) is 255 cm³/mol. The van der Waals surface area contributed by atoms with Crippen molar-refractivity contribution in [1.29, 1.82) is 0 Å². The molecule has 0 spiro atoms. The van der Waals surface area contributed by atoms with Crippen molar-refractivity contribution in [2.45, 2.75) is 0 Å². The summed E-state index contributed by atoms with van der Waals surface area (Å²) in [6.07, 6.45) is 0. The average Bonchev–Trinajstić information content (AvgIpc) is 3.88. The molecule has 0 bridgehead atoms. The van der Waals surface area contributed by atoms with E-state index in [1.54, 1.807) is 0 Å². The highest BCUT2D eigenvalue weighted by Crippen LogP contribution is 2.45. The Balaban J connectivity index is 1.00. The third-order valence-corrected chi connectivity index (χ3v) is 12.1. The van der Waals surface area contributed by atoms with Gasteiger partial charge in [0, 0.05) is 44.5 Å². The molecule has 0 aliphatic heterocycles. The van der Waals surface area contributed by atoms with Gasteiger partial charge in [0.15, 0.2) is 0 Å². The zero-order valence-corrected chi connectivity index (χ0v) is 33.1. The lowest BCUT2D eigenvalue weighted by molar-refractivity contribution is 0.669. The number of para-hydroxylation sites is 2. The third-order valence-electron chi connectivity index (χ3n) is 12.1. The van der Waals surface area contributed by atoms with Gasteiger partial charge in [0.1, 0.15) is 22.3 Å². The zero-order valence-electron chi connectivity index (χ0n) is 33.1. The highest BCUT2D eigenvalue weighted by atomic mass is 16.3. The van der Waals surface area contributed by atoms with Gasteiger partial charge in [0.2, 0.25) is 0 Å². The van der Waals surface area contributed by atoms with Crippen LogP contribution in [-0.4, -0.2) is 0 Å². The lowest BCUT2D eigenvalue weighted by Gasteiger charge is -2.28. The molecule has 12 rings (SSSR count). The summed E-state index contributed by atoms with van der Waals surface area (Å²) >= 11 is 0. The van der Waals surface area contributed by atoms with Gasteiger partial charge in [0.05, 0.1) is 5.69 Å². The largest absolute Gasteiger partial charge is 0.456 e. The van der Waals surface area contributed by atoms with Crippen molar-refractivity contribution in [3.8, 4) is 44.5 Å². The van der Waals surface area contributed by atoms with Crippen molar-refractivity contribution in [2.24, 2.45) is 0 Å². The Labute approximate surface area is 353 Å². The van der Waals surface area contributed by atoms with E-state index in [0.717, 1.165) is 83.2 Å². The van der Waals surface area contributed by atoms with Gasteiger partial charge < -0.3 is 13.7 Å². The number of hydrogen-bond acceptors (Lipinski definition) is 3. The van der Waals surface area contributed by atoms with Crippen molar-refractivity contribution in [3.63, 3.8) is 0 Å². The molecule has 0 amide bonds. The van der Waals surface area contributed by atoms with Crippen LogP contribution in [-0.2, 0) is 0 Å². The van der Waals surface area contributed by atoms with Gasteiger partial charge in [0.25, 0.3) is 0 Å². The first-order valence-electron chi connectivity index (χ1n) is 20.7. The maximum Gasteiger partial charge on any atom is 0.137 e. The summed E-state index contributed by atoms with van der Waals surface area (Å²) < 4.78 is 12.9. The first-order valence-corrected chi connectivity index (χ1v) is 20.7. The van der Waals surface area contributed by atoms with Crippen LogP contribution in [0, 0.1) is 0 Å². The smallest absolute Gasteiger partial charge is 0.137 e. The van der Waals surface area contributed by atoms with Crippen LogP contribution in [0.5, 0.6) is 0 Å². The maximum absolute atomic E-state index is 6.47. The molecule has 2 heterocycles. The molecule has 0 radical (unpaired) electrons. The molecule has 0 N–H and O–H groups in total. The predicted octanol–water partition coefficient (Wildman–Crippen LogP) is 16.8. The summed E-state index contributed by atoms with van der Waals surface area (Å²) in [4.78, 5) is 2.35. The molecule has 10 aromatic carbocycles. The second-order valence-electron chi connectivity index (χ2n) is 15.7. The molecule has 3 heteroatoms. The number of hydrogen-bond donors (Lipinski definition) is 0. The second-order valence-corrected chi connectivity index (χ2v) is 15.7. The summed E-state index contributed by atoms with van der Waals surface area (Å²) in [5.74, 6) is 0. The van der Waals surface area contributed by atoms with E-state index >= 15 is 0 Å². The zero-order chi connectivity index (χ0) is 40.3. The van der Waals surface area contributed by atoms with Crippen molar-refractivity contribution in [1.82, 2.24) is 0 Å². The van der Waals surface area contributed by atoms with Gasteiger partial charge >= 0.3 is 0 Å². The molecule has 2 aromatic heterocycles. The molecule has 61 heavy (non-hydrogen) atoms. The van der Waals surface area contributed by atoms with E-state index in [9.17, 15) is 0 Å². The van der Waals surface area contributed by atoms with Crippen LogP contribution in [0.15, 0.2) is 233 Å². The van der Waals surface area contributed by atoms with Gasteiger partial charge in [-0.05, 0) is 116 Å². The quantitative estimate of drug-likeness (QED) is 0.161. The van der Waals surface area contributed by atoms with E-state index in [1.165, 1.54) is 33.0 Å². The van der Waals surface area contributed by atoms with Crippen LogP contribution in [0.4, 0.5) is 17.1 Å². The third kappa shape index (κ3) is 6.06. The van der Waals surface area contributed by atoms with Crippen molar-refractivity contribution < 1.29 is 8.83 Å². The molecular weight excluding hydrogens is 743 g/mol. The monoisotopic (exact) mass is 779 g/mol. The Bertz CT molecular complexity index is 3580. The van der Waals surface area contributed by atoms with E-state index in [4.69, 9.17) is 8.83 Å². The number of furan rings is 2. The van der Waals surface area contributed by atoms with E-state index in [2.05, 4.69) is 217 Å². The van der Waals surface area contributed by atoms with E-state index in [-0.39, 0.29) is 0 Å². The molecule has 0 unspecified atom stereocenters. The van der Waals surface area contributed by atoms with Crippen molar-refractivity contribution >= 4 is 71.7 Å². The van der Waals surface area contributed by atoms with E-state index in [0.29, 0.717) is 0 Å². The number of anilines is 3. The first-order chi connectivity index (χ1) is 30.2. The van der Waals surface area contributed by atoms with Crippen LogP contribution in [0.1, 0.15) is 0 Å². The summed E-state index contributed by atoms with van der Waals surface area (Å²) in [6, 6.07) is 80.0. The molecule has 0 aliphatic carbocycles. The maximum atomic E-state index is 6.47. The number of benzene rings is 10. The molecule has 12 aromatic rings. The summed E-state index contributed by atoms with van der Waals surface area (Å²) in [5, 5.41) is 6.79. The van der Waals surface area contributed by atoms with Crippen molar-refractivity contribution in [3.05, 3.63) is 224 Å². The van der Waals surface area contributed by atoms with Gasteiger partial charge in [-0.1, -0.05) is 152 Å². The normalized spacial score (nSPS) is 11.6. The molecule has 3 nitrogen and oxygen atoms in total. The summed E-state index contributed by atoms with van der Waals surface area (Å²) in [7, 11) is 0. The van der Waals surface area contributed by atoms with E-state index < -0.39 is 0 Å². The lowest BCUT2D eigenvalue weighted by Crippen LogP contribution is -2.11. The van der Waals surface area contributed by atoms with Crippen LogP contribution in [0.2, 0.25) is 0 Å². The molecule has 0 atom stereocenters. The minimum Gasteiger partial charge on any atom is -0.456 e. The fraction of sp³-hybridized carbons (Fsp3) is 0. The van der Waals surface area contributed by atoms with Crippen LogP contribution < -0.4 is 4.90 Å². The van der Waals surface area contributed by atoms with Crippen LogP contribution >= 0.6 is 0 Å². The molecule has 286 valence electrons. The Kier molecular flexibility index (Phi) is 8.17. The van der Waals surface area contributed by atoms with Crippen LogP contribution in [0.3, 0.4) is 0 Å². The fourth-order valence-electron chi connectivity index (χ4n) is 9.08. The molecule has 0 saturated heterocycles. The van der Waals surface area contributed by atoms with Crippen molar-refractivity contribution in [2.75, 3.05) is 4.90 Å². The first kappa shape index (κ1) is 34.9. The molecule has 0 aliphatic rings. The Hall–Kier alpha value is -8.14. The second kappa shape index (κ2) is 14.3. The highest BCUT2D eigenvalue weighted by molar-refractivity contribution is 6.11. The summed E-state index contributed by atoms with van der Waals surface area (Å²) in [6.45, 7) is 0. The van der Waals surface area contributed by atoms with E-state index in [1.807, 2.05) is 12.1 Å². The topological polar surface area (TPSA) is 29.5 Å². The SMILES string of the molecule is c1ccc(-c2ccc(-c3ccc(N(c4ccc5c(c4)oc4ccccc45)c4ccccc4-c4ccc5oc6cc7ccccc7cc6c5c4)cc3)cc2-c2ccccc2)cc1. The molecular formula is C58H37NO2.